The van der Waals surface area contributed by atoms with E-state index in [1.54, 1.807) is 4.90 Å². The summed E-state index contributed by atoms with van der Waals surface area (Å²) in [4.78, 5) is 14.4. The lowest BCUT2D eigenvalue weighted by Gasteiger charge is -2.21. The van der Waals surface area contributed by atoms with Gasteiger partial charge in [0.05, 0.1) is 0 Å². The molecule has 2 aromatic carbocycles. The third-order valence-corrected chi connectivity index (χ3v) is 3.37. The molecule has 0 atom stereocenters. The van der Waals surface area contributed by atoms with E-state index in [1.807, 2.05) is 69.4 Å². The van der Waals surface area contributed by atoms with Gasteiger partial charge in [-0.1, -0.05) is 18.2 Å². The summed E-state index contributed by atoms with van der Waals surface area (Å²) in [5, 5.41) is 3.11. The minimum atomic E-state index is 0.0319. The van der Waals surface area contributed by atoms with Crippen molar-refractivity contribution in [3.8, 4) is 0 Å². The summed E-state index contributed by atoms with van der Waals surface area (Å²) in [7, 11) is 1.88. The van der Waals surface area contributed by atoms with Crippen LogP contribution in [0.2, 0.25) is 0 Å². The summed E-state index contributed by atoms with van der Waals surface area (Å²) >= 11 is 0. The van der Waals surface area contributed by atoms with Gasteiger partial charge in [0.2, 0.25) is 0 Å². The maximum absolute atomic E-state index is 12.6. The minimum absolute atomic E-state index is 0.0319. The molecule has 0 saturated carbocycles. The molecular weight excluding hydrogens is 248 g/mol. The smallest absolute Gasteiger partial charge is 0.258 e. The van der Waals surface area contributed by atoms with E-state index in [9.17, 15) is 4.79 Å². The van der Waals surface area contributed by atoms with E-state index in [4.69, 9.17) is 0 Å². The van der Waals surface area contributed by atoms with E-state index in [0.29, 0.717) is 12.1 Å². The number of aryl methyl sites for hydroxylation is 1. The van der Waals surface area contributed by atoms with Crippen LogP contribution < -0.4 is 10.2 Å². The SMILES string of the molecule is CCN(C(=O)c1ccc(NC)c(C)c1)c1ccccc1. The van der Waals surface area contributed by atoms with Crippen LogP contribution in [0.5, 0.6) is 0 Å². The average molecular weight is 268 g/mol. The van der Waals surface area contributed by atoms with Gasteiger partial charge < -0.3 is 10.2 Å². The predicted octanol–water partition coefficient (Wildman–Crippen LogP) is 3.70. The highest BCUT2D eigenvalue weighted by Gasteiger charge is 2.16. The minimum Gasteiger partial charge on any atom is -0.388 e. The van der Waals surface area contributed by atoms with Crippen LogP contribution in [0.3, 0.4) is 0 Å². The predicted molar refractivity (Wildman–Crippen MR) is 84.5 cm³/mol. The second-order valence-corrected chi connectivity index (χ2v) is 4.66. The van der Waals surface area contributed by atoms with Crippen molar-refractivity contribution in [1.82, 2.24) is 0 Å². The van der Waals surface area contributed by atoms with Crippen LogP contribution in [0.1, 0.15) is 22.8 Å². The number of hydrogen-bond acceptors (Lipinski definition) is 2. The molecule has 0 aliphatic carbocycles. The Balaban J connectivity index is 2.32. The summed E-state index contributed by atoms with van der Waals surface area (Å²) < 4.78 is 0. The molecule has 0 bridgehead atoms. The number of carbonyl (C=O) groups excluding carboxylic acids is 1. The third-order valence-electron chi connectivity index (χ3n) is 3.37. The van der Waals surface area contributed by atoms with Gasteiger partial charge in [0, 0.05) is 30.5 Å². The first kappa shape index (κ1) is 14.1. The molecule has 0 radical (unpaired) electrons. The third kappa shape index (κ3) is 2.82. The molecular formula is C17H20N2O. The van der Waals surface area contributed by atoms with Gasteiger partial charge in [0.25, 0.3) is 5.91 Å². The highest BCUT2D eigenvalue weighted by Crippen LogP contribution is 2.20. The van der Waals surface area contributed by atoms with Gasteiger partial charge in [-0.05, 0) is 49.7 Å². The van der Waals surface area contributed by atoms with Crippen molar-refractivity contribution >= 4 is 17.3 Å². The maximum Gasteiger partial charge on any atom is 0.258 e. The number of benzene rings is 2. The fourth-order valence-corrected chi connectivity index (χ4v) is 2.28. The van der Waals surface area contributed by atoms with Crippen LogP contribution in [0.4, 0.5) is 11.4 Å². The van der Waals surface area contributed by atoms with Crippen LogP contribution in [0.25, 0.3) is 0 Å². The standard InChI is InChI=1S/C17H20N2O/c1-4-19(15-8-6-5-7-9-15)17(20)14-10-11-16(18-3)13(2)12-14/h5-12,18H,4H2,1-3H3. The molecule has 20 heavy (non-hydrogen) atoms. The van der Waals surface area contributed by atoms with Crippen molar-refractivity contribution in [1.29, 1.82) is 0 Å². The Hall–Kier alpha value is -2.29. The number of nitrogens with one attached hydrogen (secondary N) is 1. The summed E-state index contributed by atoms with van der Waals surface area (Å²) in [6.07, 6.45) is 0. The normalized spacial score (nSPS) is 10.2. The van der Waals surface area contributed by atoms with Crippen LogP contribution in [0, 0.1) is 6.92 Å². The number of rotatable bonds is 4. The van der Waals surface area contributed by atoms with Crippen LogP contribution in [0.15, 0.2) is 48.5 Å². The van der Waals surface area contributed by atoms with Crippen molar-refractivity contribution in [3.63, 3.8) is 0 Å². The Kier molecular flexibility index (Phi) is 4.41. The Bertz CT molecular complexity index is 593. The van der Waals surface area contributed by atoms with Gasteiger partial charge in [-0.3, -0.25) is 4.79 Å². The highest BCUT2D eigenvalue weighted by atomic mass is 16.2. The van der Waals surface area contributed by atoms with Gasteiger partial charge in [-0.2, -0.15) is 0 Å². The molecule has 0 spiro atoms. The van der Waals surface area contributed by atoms with Crippen molar-refractivity contribution in [2.75, 3.05) is 23.8 Å². The molecule has 0 aliphatic heterocycles. The first-order chi connectivity index (χ1) is 9.67. The van der Waals surface area contributed by atoms with Crippen LogP contribution >= 0.6 is 0 Å². The largest absolute Gasteiger partial charge is 0.388 e. The molecule has 0 fully saturated rings. The van der Waals surface area contributed by atoms with Gasteiger partial charge >= 0.3 is 0 Å². The molecule has 0 saturated heterocycles. The quantitative estimate of drug-likeness (QED) is 0.917. The maximum atomic E-state index is 12.6. The molecule has 0 aromatic heterocycles. The van der Waals surface area contributed by atoms with E-state index >= 15 is 0 Å². The van der Waals surface area contributed by atoms with Gasteiger partial charge in [-0.25, -0.2) is 0 Å². The molecule has 0 unspecified atom stereocenters. The number of carbonyl (C=O) groups is 1. The summed E-state index contributed by atoms with van der Waals surface area (Å²) in [6, 6.07) is 15.5. The zero-order valence-electron chi connectivity index (χ0n) is 12.2. The zero-order valence-corrected chi connectivity index (χ0v) is 12.2. The molecule has 0 aliphatic rings. The Morgan fingerprint density at radius 2 is 1.85 bits per heavy atom. The van der Waals surface area contributed by atoms with Gasteiger partial charge in [0.15, 0.2) is 0 Å². The van der Waals surface area contributed by atoms with E-state index in [0.717, 1.165) is 16.9 Å². The van der Waals surface area contributed by atoms with Crippen molar-refractivity contribution in [2.24, 2.45) is 0 Å². The summed E-state index contributed by atoms with van der Waals surface area (Å²) in [5.74, 6) is 0.0319. The zero-order chi connectivity index (χ0) is 14.5. The number of anilines is 2. The number of amides is 1. The molecule has 0 heterocycles. The average Bonchev–Trinajstić information content (AvgIpc) is 2.49. The highest BCUT2D eigenvalue weighted by molar-refractivity contribution is 6.06. The van der Waals surface area contributed by atoms with E-state index < -0.39 is 0 Å². The van der Waals surface area contributed by atoms with Gasteiger partial charge in [-0.15, -0.1) is 0 Å². The number of nitrogens with zero attached hydrogens (tertiary/aromatic N) is 1. The molecule has 104 valence electrons. The Morgan fingerprint density at radius 1 is 1.15 bits per heavy atom. The monoisotopic (exact) mass is 268 g/mol. The number of hydrogen-bond donors (Lipinski definition) is 1. The second-order valence-electron chi connectivity index (χ2n) is 4.66. The van der Waals surface area contributed by atoms with Crippen molar-refractivity contribution in [3.05, 3.63) is 59.7 Å². The summed E-state index contributed by atoms with van der Waals surface area (Å²) in [5.41, 5.74) is 3.76. The Morgan fingerprint density at radius 3 is 2.40 bits per heavy atom. The first-order valence-electron chi connectivity index (χ1n) is 6.82. The molecule has 2 rings (SSSR count). The lowest BCUT2D eigenvalue weighted by Crippen LogP contribution is -2.30. The van der Waals surface area contributed by atoms with Crippen molar-refractivity contribution in [2.45, 2.75) is 13.8 Å². The molecule has 2 aromatic rings. The molecule has 3 nitrogen and oxygen atoms in total. The van der Waals surface area contributed by atoms with E-state index in [1.165, 1.54) is 0 Å². The molecule has 1 N–H and O–H groups in total. The summed E-state index contributed by atoms with van der Waals surface area (Å²) in [6.45, 7) is 4.64. The second kappa shape index (κ2) is 6.24. The fourth-order valence-electron chi connectivity index (χ4n) is 2.28. The Labute approximate surface area is 120 Å². The van der Waals surface area contributed by atoms with Crippen molar-refractivity contribution < 1.29 is 4.79 Å². The number of para-hydroxylation sites is 1. The molecule has 3 heteroatoms. The van der Waals surface area contributed by atoms with Gasteiger partial charge in [0.1, 0.15) is 0 Å². The van der Waals surface area contributed by atoms with E-state index in [2.05, 4.69) is 5.32 Å². The van der Waals surface area contributed by atoms with Crippen LogP contribution in [-0.4, -0.2) is 19.5 Å². The first-order valence-corrected chi connectivity index (χ1v) is 6.82. The fraction of sp³-hybridized carbons (Fsp3) is 0.235. The van der Waals surface area contributed by atoms with Crippen LogP contribution in [-0.2, 0) is 0 Å². The van der Waals surface area contributed by atoms with E-state index in [-0.39, 0.29) is 5.91 Å². The lowest BCUT2D eigenvalue weighted by molar-refractivity contribution is 0.0988. The topological polar surface area (TPSA) is 32.3 Å². The lowest BCUT2D eigenvalue weighted by atomic mass is 10.1. The molecule has 1 amide bonds.